The van der Waals surface area contributed by atoms with E-state index in [0.717, 1.165) is 44.7 Å². The molecule has 1 amide bonds. The van der Waals surface area contributed by atoms with Crippen molar-refractivity contribution in [2.45, 2.75) is 33.1 Å². The number of piperazine rings is 1. The average Bonchev–Trinajstić information content (AvgIpc) is 3.26. The molecular weight excluding hydrogens is 407 g/mol. The second-order valence-electron chi connectivity index (χ2n) is 8.46. The van der Waals surface area contributed by atoms with Gasteiger partial charge >= 0.3 is 0 Å². The van der Waals surface area contributed by atoms with Crippen LogP contribution in [0.2, 0.25) is 0 Å². The molecule has 32 heavy (non-hydrogen) atoms. The maximum absolute atomic E-state index is 13.8. The number of nitrogens with zero attached hydrogens (tertiary/aromatic N) is 4. The van der Waals surface area contributed by atoms with E-state index in [1.165, 1.54) is 11.6 Å². The van der Waals surface area contributed by atoms with Crippen molar-refractivity contribution in [2.24, 2.45) is 0 Å². The Kier molecular flexibility index (Phi) is 6.95. The summed E-state index contributed by atoms with van der Waals surface area (Å²) >= 11 is 0. The molecule has 7 heteroatoms. The summed E-state index contributed by atoms with van der Waals surface area (Å²) in [6.45, 7) is 7.95. The lowest BCUT2D eigenvalue weighted by Crippen LogP contribution is -2.49. The van der Waals surface area contributed by atoms with Gasteiger partial charge in [-0.1, -0.05) is 47.1 Å². The smallest absolute Gasteiger partial charge is 0.227 e. The van der Waals surface area contributed by atoms with Gasteiger partial charge in [-0.05, 0) is 44.0 Å². The normalized spacial score (nSPS) is 14.7. The molecule has 168 valence electrons. The zero-order valence-electron chi connectivity index (χ0n) is 18.7. The standard InChI is InChI=1S/C25H29FN4O2/c1-18-5-8-20(9-6-18)16-24(31)30-14-12-29(13-15-30)11-3-4-23-27-25(28-32-23)21-10-7-19(2)22(26)17-21/h5-10,17H,3-4,11-16H2,1-2H3. The van der Waals surface area contributed by atoms with Gasteiger partial charge in [-0.15, -0.1) is 0 Å². The number of aryl methyl sites for hydroxylation is 3. The number of hydrogen-bond acceptors (Lipinski definition) is 5. The molecule has 0 aliphatic carbocycles. The molecule has 0 bridgehead atoms. The fraction of sp³-hybridized carbons (Fsp3) is 0.400. The lowest BCUT2D eigenvalue weighted by Gasteiger charge is -2.34. The second-order valence-corrected chi connectivity index (χ2v) is 8.46. The molecule has 1 aliphatic heterocycles. The van der Waals surface area contributed by atoms with Gasteiger partial charge in [0, 0.05) is 38.2 Å². The van der Waals surface area contributed by atoms with Gasteiger partial charge < -0.3 is 9.42 Å². The summed E-state index contributed by atoms with van der Waals surface area (Å²) in [7, 11) is 0. The van der Waals surface area contributed by atoms with Gasteiger partial charge in [0.15, 0.2) is 0 Å². The van der Waals surface area contributed by atoms with E-state index in [4.69, 9.17) is 4.52 Å². The minimum Gasteiger partial charge on any atom is -0.340 e. The first kappa shape index (κ1) is 22.1. The number of rotatable bonds is 7. The Balaban J connectivity index is 1.19. The number of amides is 1. The molecule has 1 aromatic heterocycles. The molecule has 6 nitrogen and oxygen atoms in total. The van der Waals surface area contributed by atoms with Crippen LogP contribution in [0.3, 0.4) is 0 Å². The molecular formula is C25H29FN4O2. The van der Waals surface area contributed by atoms with Crippen molar-refractivity contribution in [1.82, 2.24) is 19.9 Å². The van der Waals surface area contributed by atoms with Crippen LogP contribution in [0.5, 0.6) is 0 Å². The third-order valence-electron chi connectivity index (χ3n) is 5.96. The molecule has 0 N–H and O–H groups in total. The predicted molar refractivity (Wildman–Crippen MR) is 121 cm³/mol. The minimum atomic E-state index is -0.273. The summed E-state index contributed by atoms with van der Waals surface area (Å²) in [5, 5.41) is 3.98. The van der Waals surface area contributed by atoms with E-state index in [1.54, 1.807) is 19.1 Å². The number of carbonyl (C=O) groups is 1. The number of benzene rings is 2. The molecule has 4 rings (SSSR count). The van der Waals surface area contributed by atoms with Crippen LogP contribution in [0.4, 0.5) is 4.39 Å². The van der Waals surface area contributed by atoms with Gasteiger partial charge in [0.05, 0.1) is 6.42 Å². The van der Waals surface area contributed by atoms with E-state index in [2.05, 4.69) is 15.0 Å². The van der Waals surface area contributed by atoms with Crippen LogP contribution in [0, 0.1) is 19.7 Å². The molecule has 0 unspecified atom stereocenters. The quantitative estimate of drug-likeness (QED) is 0.564. The summed E-state index contributed by atoms with van der Waals surface area (Å²) in [5.41, 5.74) is 3.48. The number of halogens is 1. The van der Waals surface area contributed by atoms with Crippen molar-refractivity contribution in [3.8, 4) is 11.4 Å². The van der Waals surface area contributed by atoms with E-state index in [1.807, 2.05) is 36.1 Å². The van der Waals surface area contributed by atoms with Crippen LogP contribution in [0.15, 0.2) is 47.0 Å². The molecule has 0 spiro atoms. The monoisotopic (exact) mass is 436 g/mol. The van der Waals surface area contributed by atoms with Gasteiger partial charge in [0.1, 0.15) is 5.82 Å². The summed E-state index contributed by atoms with van der Waals surface area (Å²) in [6.07, 6.45) is 2.03. The van der Waals surface area contributed by atoms with Gasteiger partial charge in [-0.2, -0.15) is 4.98 Å². The predicted octanol–water partition coefficient (Wildman–Crippen LogP) is 3.81. The Labute approximate surface area is 188 Å². The zero-order valence-corrected chi connectivity index (χ0v) is 18.7. The lowest BCUT2D eigenvalue weighted by molar-refractivity contribution is -0.132. The van der Waals surface area contributed by atoms with E-state index in [0.29, 0.717) is 35.7 Å². The number of hydrogen-bond donors (Lipinski definition) is 0. The fourth-order valence-corrected chi connectivity index (χ4v) is 3.87. The van der Waals surface area contributed by atoms with Crippen molar-refractivity contribution in [3.63, 3.8) is 0 Å². The van der Waals surface area contributed by atoms with Crippen LogP contribution in [-0.4, -0.2) is 58.6 Å². The Bertz CT molecular complexity index is 1060. The van der Waals surface area contributed by atoms with Crippen molar-refractivity contribution < 1.29 is 13.7 Å². The highest BCUT2D eigenvalue weighted by atomic mass is 19.1. The number of carbonyl (C=O) groups excluding carboxylic acids is 1. The van der Waals surface area contributed by atoms with Gasteiger partial charge in [-0.3, -0.25) is 9.69 Å². The Morgan fingerprint density at radius 3 is 2.53 bits per heavy atom. The van der Waals surface area contributed by atoms with Crippen LogP contribution >= 0.6 is 0 Å². The largest absolute Gasteiger partial charge is 0.340 e. The topological polar surface area (TPSA) is 62.5 Å². The van der Waals surface area contributed by atoms with Crippen molar-refractivity contribution in [3.05, 3.63) is 70.9 Å². The summed E-state index contributed by atoms with van der Waals surface area (Å²) in [6, 6.07) is 13.1. The van der Waals surface area contributed by atoms with E-state index >= 15 is 0 Å². The molecule has 1 fully saturated rings. The fourth-order valence-electron chi connectivity index (χ4n) is 3.87. The van der Waals surface area contributed by atoms with Crippen LogP contribution in [-0.2, 0) is 17.6 Å². The van der Waals surface area contributed by atoms with Crippen LogP contribution in [0.25, 0.3) is 11.4 Å². The van der Waals surface area contributed by atoms with Crippen molar-refractivity contribution in [1.29, 1.82) is 0 Å². The molecule has 0 radical (unpaired) electrons. The van der Waals surface area contributed by atoms with E-state index in [9.17, 15) is 9.18 Å². The maximum atomic E-state index is 13.8. The highest BCUT2D eigenvalue weighted by Crippen LogP contribution is 2.19. The van der Waals surface area contributed by atoms with Crippen molar-refractivity contribution >= 4 is 5.91 Å². The molecule has 1 aliphatic rings. The highest BCUT2D eigenvalue weighted by Gasteiger charge is 2.21. The summed E-state index contributed by atoms with van der Waals surface area (Å²) < 4.78 is 19.1. The highest BCUT2D eigenvalue weighted by molar-refractivity contribution is 5.78. The molecule has 0 atom stereocenters. The van der Waals surface area contributed by atoms with E-state index in [-0.39, 0.29) is 11.7 Å². The molecule has 2 heterocycles. The Morgan fingerprint density at radius 2 is 1.81 bits per heavy atom. The van der Waals surface area contributed by atoms with Gasteiger partial charge in [0.25, 0.3) is 0 Å². The number of aromatic nitrogens is 2. The van der Waals surface area contributed by atoms with Crippen molar-refractivity contribution in [2.75, 3.05) is 32.7 Å². The second kappa shape index (κ2) is 10.0. The van der Waals surface area contributed by atoms with Gasteiger partial charge in [-0.25, -0.2) is 4.39 Å². The lowest BCUT2D eigenvalue weighted by atomic mass is 10.1. The third kappa shape index (κ3) is 5.59. The summed E-state index contributed by atoms with van der Waals surface area (Å²) in [4.78, 5) is 21.3. The van der Waals surface area contributed by atoms with Crippen LogP contribution < -0.4 is 0 Å². The average molecular weight is 437 g/mol. The molecule has 1 saturated heterocycles. The van der Waals surface area contributed by atoms with Gasteiger partial charge in [0.2, 0.25) is 17.6 Å². The van der Waals surface area contributed by atoms with E-state index < -0.39 is 0 Å². The first-order valence-electron chi connectivity index (χ1n) is 11.1. The minimum absolute atomic E-state index is 0.194. The maximum Gasteiger partial charge on any atom is 0.227 e. The summed E-state index contributed by atoms with van der Waals surface area (Å²) in [5.74, 6) is 0.900. The molecule has 0 saturated carbocycles. The SMILES string of the molecule is Cc1ccc(CC(=O)N2CCN(CCCc3nc(-c4ccc(C)c(F)c4)no3)CC2)cc1. The molecule has 3 aromatic rings. The zero-order chi connectivity index (χ0) is 22.5. The first-order valence-corrected chi connectivity index (χ1v) is 11.1. The third-order valence-corrected chi connectivity index (χ3v) is 5.96. The Hall–Kier alpha value is -3.06. The Morgan fingerprint density at radius 1 is 1.06 bits per heavy atom. The first-order chi connectivity index (χ1) is 15.5. The van der Waals surface area contributed by atoms with Crippen LogP contribution in [0.1, 0.15) is 29.0 Å². The molecule has 2 aromatic carbocycles.